The zero-order chi connectivity index (χ0) is 10.7. The molecule has 0 saturated carbocycles. The molecule has 2 aliphatic rings. The molecule has 0 fully saturated rings. The van der Waals surface area contributed by atoms with Gasteiger partial charge in [-0.2, -0.15) is 0 Å². The Kier molecular flexibility index (Phi) is 3.57. The summed E-state index contributed by atoms with van der Waals surface area (Å²) < 4.78 is 5.02. The van der Waals surface area contributed by atoms with Gasteiger partial charge in [-0.25, -0.2) is 4.79 Å². The Balaban J connectivity index is 1.91. The molecule has 0 radical (unpaired) electrons. The van der Waals surface area contributed by atoms with Gasteiger partial charge in [-0.15, -0.1) is 11.8 Å². The summed E-state index contributed by atoms with van der Waals surface area (Å²) in [6.45, 7) is 3.98. The SMILES string of the molecule is CCOC(=O)N1CCC2=C(CC1)SCC2. The number of carbonyl (C=O) groups is 1. The van der Waals surface area contributed by atoms with Crippen LogP contribution >= 0.6 is 11.8 Å². The monoisotopic (exact) mass is 227 g/mol. The Hall–Kier alpha value is -0.640. The summed E-state index contributed by atoms with van der Waals surface area (Å²) in [7, 11) is 0. The smallest absolute Gasteiger partial charge is 0.409 e. The summed E-state index contributed by atoms with van der Waals surface area (Å²) in [6.07, 6.45) is 3.14. The fourth-order valence-electron chi connectivity index (χ4n) is 2.07. The topological polar surface area (TPSA) is 29.5 Å². The van der Waals surface area contributed by atoms with Crippen molar-refractivity contribution in [2.45, 2.75) is 26.2 Å². The number of hydrogen-bond acceptors (Lipinski definition) is 3. The number of nitrogens with zero attached hydrogens (tertiary/aromatic N) is 1. The van der Waals surface area contributed by atoms with Gasteiger partial charge in [0.05, 0.1) is 6.61 Å². The number of amides is 1. The van der Waals surface area contributed by atoms with Gasteiger partial charge in [-0.3, -0.25) is 0 Å². The van der Waals surface area contributed by atoms with Crippen LogP contribution in [0.3, 0.4) is 0 Å². The zero-order valence-corrected chi connectivity index (χ0v) is 9.94. The van der Waals surface area contributed by atoms with Crippen molar-refractivity contribution < 1.29 is 9.53 Å². The van der Waals surface area contributed by atoms with Crippen LogP contribution in [0, 0.1) is 0 Å². The Morgan fingerprint density at radius 1 is 1.40 bits per heavy atom. The molecule has 4 heteroatoms. The van der Waals surface area contributed by atoms with Crippen LogP contribution in [0.4, 0.5) is 4.79 Å². The fourth-order valence-corrected chi connectivity index (χ4v) is 3.31. The second-order valence-electron chi connectivity index (χ2n) is 3.81. The summed E-state index contributed by atoms with van der Waals surface area (Å²) >= 11 is 1.97. The summed E-state index contributed by atoms with van der Waals surface area (Å²) in [5, 5.41) is 0. The average Bonchev–Trinajstić information content (AvgIpc) is 2.58. The Labute approximate surface area is 94.8 Å². The van der Waals surface area contributed by atoms with Crippen molar-refractivity contribution in [2.24, 2.45) is 0 Å². The molecule has 0 saturated heterocycles. The predicted octanol–water partition coefficient (Wildman–Crippen LogP) is 2.63. The summed E-state index contributed by atoms with van der Waals surface area (Å²) in [4.78, 5) is 14.9. The van der Waals surface area contributed by atoms with Crippen molar-refractivity contribution >= 4 is 17.9 Å². The number of carbonyl (C=O) groups excluding carboxylic acids is 1. The van der Waals surface area contributed by atoms with Crippen molar-refractivity contribution in [1.82, 2.24) is 4.90 Å². The Morgan fingerprint density at radius 2 is 2.20 bits per heavy atom. The van der Waals surface area contributed by atoms with Crippen LogP contribution in [0.5, 0.6) is 0 Å². The van der Waals surface area contributed by atoms with Gasteiger partial charge >= 0.3 is 6.09 Å². The molecular weight excluding hydrogens is 210 g/mol. The number of ether oxygens (including phenoxy) is 1. The first-order valence-corrected chi connectivity index (χ1v) is 6.55. The molecule has 0 aliphatic carbocycles. The molecule has 0 N–H and O–H groups in total. The Bertz CT molecular complexity index is 270. The third-order valence-corrected chi connectivity index (χ3v) is 4.14. The third-order valence-electron chi connectivity index (χ3n) is 2.89. The first-order chi connectivity index (χ1) is 7.31. The normalized spacial score (nSPS) is 21.3. The molecular formula is C11H17NO2S. The van der Waals surface area contributed by atoms with Crippen molar-refractivity contribution in [3.63, 3.8) is 0 Å². The van der Waals surface area contributed by atoms with E-state index in [1.807, 2.05) is 23.6 Å². The number of hydrogen-bond donors (Lipinski definition) is 0. The third kappa shape index (κ3) is 2.48. The molecule has 0 bridgehead atoms. The van der Waals surface area contributed by atoms with Crippen LogP contribution in [-0.4, -0.2) is 36.4 Å². The largest absolute Gasteiger partial charge is 0.450 e. The van der Waals surface area contributed by atoms with Crippen LogP contribution in [0.1, 0.15) is 26.2 Å². The lowest BCUT2D eigenvalue weighted by atomic mass is 10.1. The van der Waals surface area contributed by atoms with Crippen LogP contribution < -0.4 is 0 Å². The highest BCUT2D eigenvalue weighted by Gasteiger charge is 2.23. The van der Waals surface area contributed by atoms with Gasteiger partial charge in [0, 0.05) is 18.8 Å². The number of thioether (sulfide) groups is 1. The molecule has 0 spiro atoms. The maximum absolute atomic E-state index is 11.5. The molecule has 2 heterocycles. The van der Waals surface area contributed by atoms with E-state index >= 15 is 0 Å². The van der Waals surface area contributed by atoms with E-state index in [1.165, 1.54) is 17.1 Å². The molecule has 2 aliphatic heterocycles. The fraction of sp³-hybridized carbons (Fsp3) is 0.727. The summed E-state index contributed by atoms with van der Waals surface area (Å²) in [5.41, 5.74) is 1.58. The van der Waals surface area contributed by atoms with Gasteiger partial charge in [0.1, 0.15) is 0 Å². The second kappa shape index (κ2) is 4.92. The van der Waals surface area contributed by atoms with E-state index in [9.17, 15) is 4.79 Å². The van der Waals surface area contributed by atoms with E-state index in [1.54, 1.807) is 5.57 Å². The van der Waals surface area contributed by atoms with Crippen LogP contribution in [0.2, 0.25) is 0 Å². The van der Waals surface area contributed by atoms with Gasteiger partial charge in [-0.1, -0.05) is 5.57 Å². The van der Waals surface area contributed by atoms with Crippen LogP contribution in [0.15, 0.2) is 10.5 Å². The molecule has 2 rings (SSSR count). The van der Waals surface area contributed by atoms with Crippen LogP contribution in [0.25, 0.3) is 0 Å². The van der Waals surface area contributed by atoms with E-state index in [0.717, 1.165) is 25.9 Å². The highest BCUT2D eigenvalue weighted by atomic mass is 32.2. The molecule has 0 unspecified atom stereocenters. The van der Waals surface area contributed by atoms with Gasteiger partial charge in [0.2, 0.25) is 0 Å². The maximum Gasteiger partial charge on any atom is 0.409 e. The van der Waals surface area contributed by atoms with E-state index in [0.29, 0.717) is 6.61 Å². The minimum absolute atomic E-state index is 0.149. The van der Waals surface area contributed by atoms with Gasteiger partial charge in [0.25, 0.3) is 0 Å². The first kappa shape index (κ1) is 10.9. The quantitative estimate of drug-likeness (QED) is 0.689. The minimum atomic E-state index is -0.149. The van der Waals surface area contributed by atoms with Gasteiger partial charge < -0.3 is 9.64 Å². The van der Waals surface area contributed by atoms with Crippen molar-refractivity contribution in [2.75, 3.05) is 25.4 Å². The lowest BCUT2D eigenvalue weighted by molar-refractivity contribution is 0.109. The van der Waals surface area contributed by atoms with E-state index in [2.05, 4.69) is 0 Å². The molecule has 0 aromatic heterocycles. The van der Waals surface area contributed by atoms with E-state index < -0.39 is 0 Å². The average molecular weight is 227 g/mol. The summed E-state index contributed by atoms with van der Waals surface area (Å²) in [6, 6.07) is 0. The first-order valence-electron chi connectivity index (χ1n) is 5.56. The van der Waals surface area contributed by atoms with Crippen molar-refractivity contribution in [3.05, 3.63) is 10.5 Å². The Morgan fingerprint density at radius 3 is 3.00 bits per heavy atom. The minimum Gasteiger partial charge on any atom is -0.450 e. The van der Waals surface area contributed by atoms with Gasteiger partial charge in [0.15, 0.2) is 0 Å². The van der Waals surface area contributed by atoms with Crippen molar-refractivity contribution in [3.8, 4) is 0 Å². The molecule has 3 nitrogen and oxygen atoms in total. The summed E-state index contributed by atoms with van der Waals surface area (Å²) in [5.74, 6) is 1.24. The van der Waals surface area contributed by atoms with Crippen molar-refractivity contribution in [1.29, 1.82) is 0 Å². The second-order valence-corrected chi connectivity index (χ2v) is 5.00. The molecule has 15 heavy (non-hydrogen) atoms. The molecule has 1 amide bonds. The zero-order valence-electron chi connectivity index (χ0n) is 9.12. The number of rotatable bonds is 1. The standard InChI is InChI=1S/C11H17NO2S/c1-2-14-11(13)12-6-3-9-5-8-15-10(9)4-7-12/h2-8H2,1H3. The molecule has 0 aromatic rings. The van der Waals surface area contributed by atoms with E-state index in [-0.39, 0.29) is 6.09 Å². The lowest BCUT2D eigenvalue weighted by Crippen LogP contribution is -2.32. The highest BCUT2D eigenvalue weighted by molar-refractivity contribution is 8.03. The molecule has 84 valence electrons. The van der Waals surface area contributed by atoms with Crippen LogP contribution in [-0.2, 0) is 4.74 Å². The highest BCUT2D eigenvalue weighted by Crippen LogP contribution is 2.37. The van der Waals surface area contributed by atoms with Gasteiger partial charge in [-0.05, 0) is 31.1 Å². The molecule has 0 aromatic carbocycles. The van der Waals surface area contributed by atoms with E-state index in [4.69, 9.17) is 4.74 Å². The molecule has 0 atom stereocenters. The maximum atomic E-state index is 11.5. The lowest BCUT2D eigenvalue weighted by Gasteiger charge is -2.19. The predicted molar refractivity (Wildman–Crippen MR) is 61.9 cm³/mol.